The molecule has 0 aliphatic carbocycles. The molecule has 1 aromatic heterocycles. The van der Waals surface area contributed by atoms with Crippen molar-refractivity contribution in [1.82, 2.24) is 14.7 Å². The Morgan fingerprint density at radius 2 is 1.70 bits per heavy atom. The van der Waals surface area contributed by atoms with E-state index >= 15 is 0 Å². The molecule has 0 bridgehead atoms. The number of likely N-dealkylation sites (tertiary alicyclic amines) is 1. The average molecular weight is 557 g/mol. The third kappa shape index (κ3) is 4.97. The molecular formula is C31H29FN4O3S. The van der Waals surface area contributed by atoms with Gasteiger partial charge in [-0.05, 0) is 54.8 Å². The minimum atomic E-state index is -0.325. The summed E-state index contributed by atoms with van der Waals surface area (Å²) in [5.74, 6) is 0.848. The van der Waals surface area contributed by atoms with Crippen molar-refractivity contribution in [3.8, 4) is 22.7 Å². The first-order chi connectivity index (χ1) is 19.5. The van der Waals surface area contributed by atoms with Crippen molar-refractivity contribution in [3.63, 3.8) is 0 Å². The fraction of sp³-hybridized carbons (Fsp3) is 0.258. The van der Waals surface area contributed by atoms with E-state index in [1.807, 2.05) is 59.5 Å². The van der Waals surface area contributed by atoms with Crippen LogP contribution in [-0.4, -0.2) is 59.0 Å². The first kappa shape index (κ1) is 26.1. The van der Waals surface area contributed by atoms with Crippen LogP contribution in [0, 0.1) is 5.82 Å². The van der Waals surface area contributed by atoms with Gasteiger partial charge in [0.1, 0.15) is 23.9 Å². The molecule has 4 aromatic rings. The van der Waals surface area contributed by atoms with Crippen LogP contribution in [0.1, 0.15) is 29.2 Å². The van der Waals surface area contributed by atoms with Crippen molar-refractivity contribution in [3.05, 3.63) is 95.8 Å². The Morgan fingerprint density at radius 3 is 2.38 bits per heavy atom. The van der Waals surface area contributed by atoms with Gasteiger partial charge < -0.3 is 9.64 Å². The highest BCUT2D eigenvalue weighted by atomic mass is 32.2. The van der Waals surface area contributed by atoms with Crippen LogP contribution < -0.4 is 9.64 Å². The van der Waals surface area contributed by atoms with Crippen molar-refractivity contribution < 1.29 is 18.7 Å². The molecule has 0 spiro atoms. The summed E-state index contributed by atoms with van der Waals surface area (Å²) >= 11 is 1.47. The lowest BCUT2D eigenvalue weighted by molar-refractivity contribution is -0.130. The van der Waals surface area contributed by atoms with E-state index in [2.05, 4.69) is 0 Å². The number of hydrogen-bond acceptors (Lipinski definition) is 5. The maximum absolute atomic E-state index is 13.9. The lowest BCUT2D eigenvalue weighted by atomic mass is 9.99. The minimum absolute atomic E-state index is 0.0708. The molecular weight excluding hydrogens is 527 g/mol. The van der Waals surface area contributed by atoms with Gasteiger partial charge in [0.25, 0.3) is 0 Å². The molecule has 9 heteroatoms. The number of methoxy groups -OCH3 is 1. The van der Waals surface area contributed by atoms with Gasteiger partial charge in [-0.25, -0.2) is 9.07 Å². The second-order valence-corrected chi connectivity index (χ2v) is 11.0. The van der Waals surface area contributed by atoms with Crippen LogP contribution in [0.15, 0.2) is 78.9 Å². The number of rotatable bonds is 6. The summed E-state index contributed by atoms with van der Waals surface area (Å²) in [4.78, 5) is 30.6. The highest BCUT2D eigenvalue weighted by Gasteiger charge is 2.38. The van der Waals surface area contributed by atoms with Crippen LogP contribution in [0.5, 0.6) is 5.75 Å². The van der Waals surface area contributed by atoms with Gasteiger partial charge in [0.2, 0.25) is 11.8 Å². The Kier molecular flexibility index (Phi) is 7.30. The number of aromatic nitrogens is 2. The van der Waals surface area contributed by atoms with Gasteiger partial charge in [0.15, 0.2) is 0 Å². The van der Waals surface area contributed by atoms with Crippen LogP contribution in [0.3, 0.4) is 0 Å². The first-order valence-electron chi connectivity index (χ1n) is 13.3. The predicted molar refractivity (Wildman–Crippen MR) is 154 cm³/mol. The largest absolute Gasteiger partial charge is 0.497 e. The number of nitrogens with zero attached hydrogens (tertiary/aromatic N) is 4. The second kappa shape index (κ2) is 11.2. The Labute approximate surface area is 236 Å². The number of ether oxygens (including phenoxy) is 1. The number of benzene rings is 3. The van der Waals surface area contributed by atoms with E-state index < -0.39 is 0 Å². The number of carbonyl (C=O) groups is 2. The lowest BCUT2D eigenvalue weighted by Gasteiger charge is -2.25. The van der Waals surface area contributed by atoms with Crippen molar-refractivity contribution in [1.29, 1.82) is 0 Å². The number of hydrogen-bond donors (Lipinski definition) is 0. The van der Waals surface area contributed by atoms with Crippen molar-refractivity contribution in [2.24, 2.45) is 0 Å². The Hall–Kier alpha value is -4.11. The molecule has 3 aromatic carbocycles. The first-order valence-corrected chi connectivity index (χ1v) is 14.4. The topological polar surface area (TPSA) is 67.7 Å². The third-order valence-electron chi connectivity index (χ3n) is 7.38. The summed E-state index contributed by atoms with van der Waals surface area (Å²) in [7, 11) is 1.61. The molecule has 204 valence electrons. The molecule has 40 heavy (non-hydrogen) atoms. The molecule has 6 rings (SSSR count). The van der Waals surface area contributed by atoms with Crippen LogP contribution in [-0.2, 0) is 9.59 Å². The molecule has 0 N–H and O–H groups in total. The van der Waals surface area contributed by atoms with Gasteiger partial charge in [0, 0.05) is 24.2 Å². The zero-order valence-corrected chi connectivity index (χ0v) is 22.9. The van der Waals surface area contributed by atoms with Crippen LogP contribution in [0.25, 0.3) is 16.9 Å². The normalized spacial score (nSPS) is 17.1. The monoisotopic (exact) mass is 556 g/mol. The molecule has 2 aliphatic heterocycles. The zero-order chi connectivity index (χ0) is 27.6. The van der Waals surface area contributed by atoms with E-state index in [0.717, 1.165) is 35.2 Å². The summed E-state index contributed by atoms with van der Waals surface area (Å²) in [5.41, 5.74) is 4.01. The predicted octanol–water partition coefficient (Wildman–Crippen LogP) is 5.48. The molecule has 0 radical (unpaired) electrons. The SMILES string of the molecule is COc1ccc(-n2nc(-c3ccccc3)c3c2N(CC(=O)N2CCCC2)C(=O)CSC3c2ccc(F)cc2)cc1. The highest BCUT2D eigenvalue weighted by molar-refractivity contribution is 8.00. The summed E-state index contributed by atoms with van der Waals surface area (Å²) in [6.07, 6.45) is 1.94. The van der Waals surface area contributed by atoms with E-state index in [4.69, 9.17) is 9.84 Å². The summed E-state index contributed by atoms with van der Waals surface area (Å²) < 4.78 is 21.1. The van der Waals surface area contributed by atoms with E-state index in [1.54, 1.807) is 28.8 Å². The fourth-order valence-corrected chi connectivity index (χ4v) is 6.53. The summed E-state index contributed by atoms with van der Waals surface area (Å²) in [6, 6.07) is 23.7. The zero-order valence-electron chi connectivity index (χ0n) is 22.1. The van der Waals surface area contributed by atoms with E-state index in [9.17, 15) is 14.0 Å². The average Bonchev–Trinajstić information content (AvgIpc) is 3.64. The van der Waals surface area contributed by atoms with Gasteiger partial charge in [-0.15, -0.1) is 11.8 Å². The number of fused-ring (bicyclic) bond motifs is 1. The number of thioether (sulfide) groups is 1. The fourth-order valence-electron chi connectivity index (χ4n) is 5.33. The molecule has 0 saturated carbocycles. The van der Waals surface area contributed by atoms with E-state index in [0.29, 0.717) is 30.4 Å². The molecule has 2 amide bonds. The minimum Gasteiger partial charge on any atom is -0.497 e. The maximum Gasteiger partial charge on any atom is 0.242 e. The van der Waals surface area contributed by atoms with Crippen molar-refractivity contribution in [2.45, 2.75) is 18.1 Å². The van der Waals surface area contributed by atoms with Crippen LogP contribution >= 0.6 is 11.8 Å². The van der Waals surface area contributed by atoms with Gasteiger partial charge in [-0.3, -0.25) is 14.5 Å². The number of amides is 2. The van der Waals surface area contributed by atoms with Gasteiger partial charge >= 0.3 is 0 Å². The molecule has 1 saturated heterocycles. The second-order valence-electron chi connectivity index (χ2n) is 9.87. The highest BCUT2D eigenvalue weighted by Crippen LogP contribution is 2.48. The molecule has 1 fully saturated rings. The van der Waals surface area contributed by atoms with Crippen molar-refractivity contribution >= 4 is 29.4 Å². The van der Waals surface area contributed by atoms with Gasteiger partial charge in [-0.1, -0.05) is 42.5 Å². The molecule has 1 atom stereocenters. The lowest BCUT2D eigenvalue weighted by Crippen LogP contribution is -2.43. The molecule has 3 heterocycles. The summed E-state index contributed by atoms with van der Waals surface area (Å²) in [5, 5.41) is 4.77. The Balaban J connectivity index is 1.59. The van der Waals surface area contributed by atoms with Gasteiger partial charge in [-0.2, -0.15) is 5.10 Å². The quantitative estimate of drug-likeness (QED) is 0.315. The third-order valence-corrected chi connectivity index (χ3v) is 8.63. The van der Waals surface area contributed by atoms with Gasteiger partial charge in [0.05, 0.1) is 29.5 Å². The van der Waals surface area contributed by atoms with Crippen molar-refractivity contribution in [2.75, 3.05) is 37.4 Å². The van der Waals surface area contributed by atoms with Crippen LogP contribution in [0.2, 0.25) is 0 Å². The Bertz CT molecular complexity index is 1520. The Morgan fingerprint density at radius 1 is 1.00 bits per heavy atom. The molecule has 2 aliphatic rings. The van der Waals surface area contributed by atoms with E-state index in [1.165, 1.54) is 23.9 Å². The standard InChI is InChI=1S/C31H29FN4O3S/c1-39-25-15-13-24(14-16-25)36-31-28(29(33-36)21-7-3-2-4-8-21)30(22-9-11-23(32)12-10-22)40-20-27(38)35(31)19-26(37)34-17-5-6-18-34/h2-4,7-16,30H,5-6,17-20H2,1H3. The van der Waals surface area contributed by atoms with Crippen LogP contribution in [0.4, 0.5) is 10.2 Å². The van der Waals surface area contributed by atoms with E-state index in [-0.39, 0.29) is 35.2 Å². The number of carbonyl (C=O) groups excluding carboxylic acids is 2. The summed E-state index contributed by atoms with van der Waals surface area (Å²) in [6.45, 7) is 1.33. The molecule has 1 unspecified atom stereocenters. The smallest absolute Gasteiger partial charge is 0.242 e. The molecule has 7 nitrogen and oxygen atoms in total. The number of anilines is 1. The maximum atomic E-state index is 13.9. The number of halogens is 1.